The number of fused-ring (bicyclic) bond motifs is 1. The number of carbonyl (C=O) groups is 1. The van der Waals surface area contributed by atoms with Gasteiger partial charge < -0.3 is 5.32 Å². The summed E-state index contributed by atoms with van der Waals surface area (Å²) in [5.41, 5.74) is 1.20. The minimum atomic E-state index is -4.43. The first-order valence-corrected chi connectivity index (χ1v) is 9.12. The molecule has 0 aliphatic carbocycles. The predicted octanol–water partition coefficient (Wildman–Crippen LogP) is 4.41. The van der Waals surface area contributed by atoms with E-state index in [0.717, 1.165) is 17.7 Å². The van der Waals surface area contributed by atoms with Gasteiger partial charge in [0.25, 0.3) is 5.91 Å². The van der Waals surface area contributed by atoms with E-state index in [1.54, 1.807) is 28.9 Å². The van der Waals surface area contributed by atoms with Gasteiger partial charge in [0.05, 0.1) is 11.3 Å². The summed E-state index contributed by atoms with van der Waals surface area (Å²) >= 11 is 1.38. The molecule has 1 aromatic carbocycles. The monoisotopic (exact) mass is 402 g/mol. The van der Waals surface area contributed by atoms with Crippen LogP contribution in [0.5, 0.6) is 0 Å². The standard InChI is InChI=1S/C19H13F3N4OS/c20-19(21,22)14-3-1-2-12(10-14)11-24-17(27)15-16(13-4-6-23-7-5-13)26-8-9-28-18(26)25-15/h1-10H,11H2,(H,24,27). The Balaban J connectivity index is 1.61. The van der Waals surface area contributed by atoms with E-state index in [1.807, 2.05) is 11.6 Å². The summed E-state index contributed by atoms with van der Waals surface area (Å²) < 4.78 is 40.4. The number of alkyl halides is 3. The highest BCUT2D eigenvalue weighted by atomic mass is 32.1. The lowest BCUT2D eigenvalue weighted by atomic mass is 10.1. The zero-order valence-electron chi connectivity index (χ0n) is 14.3. The Hall–Kier alpha value is -3.20. The molecule has 4 aromatic rings. The van der Waals surface area contributed by atoms with E-state index >= 15 is 0 Å². The molecule has 0 unspecified atom stereocenters. The molecule has 0 saturated heterocycles. The predicted molar refractivity (Wildman–Crippen MR) is 98.9 cm³/mol. The number of aromatic nitrogens is 3. The molecule has 28 heavy (non-hydrogen) atoms. The molecule has 4 rings (SSSR count). The molecule has 0 bridgehead atoms. The quantitative estimate of drug-likeness (QED) is 0.550. The van der Waals surface area contributed by atoms with Crippen LogP contribution in [-0.4, -0.2) is 20.3 Å². The van der Waals surface area contributed by atoms with Crippen LogP contribution in [0.4, 0.5) is 13.2 Å². The minimum Gasteiger partial charge on any atom is -0.347 e. The lowest BCUT2D eigenvalue weighted by Gasteiger charge is -2.10. The van der Waals surface area contributed by atoms with E-state index in [9.17, 15) is 18.0 Å². The molecule has 142 valence electrons. The Labute approximate surface area is 161 Å². The van der Waals surface area contributed by atoms with Crippen LogP contribution in [0.25, 0.3) is 16.2 Å². The van der Waals surface area contributed by atoms with Crippen molar-refractivity contribution in [2.45, 2.75) is 12.7 Å². The number of carbonyl (C=O) groups excluding carboxylic acids is 1. The summed E-state index contributed by atoms with van der Waals surface area (Å²) in [6.07, 6.45) is 0.617. The number of nitrogens with one attached hydrogen (secondary N) is 1. The average Bonchev–Trinajstić information content (AvgIpc) is 3.27. The molecule has 1 N–H and O–H groups in total. The number of rotatable bonds is 4. The first kappa shape index (κ1) is 18.2. The van der Waals surface area contributed by atoms with E-state index in [1.165, 1.54) is 23.5 Å². The minimum absolute atomic E-state index is 0.0380. The summed E-state index contributed by atoms with van der Waals surface area (Å²) in [6.45, 7) is -0.0380. The topological polar surface area (TPSA) is 59.3 Å². The van der Waals surface area contributed by atoms with Crippen LogP contribution < -0.4 is 5.32 Å². The van der Waals surface area contributed by atoms with Crippen molar-refractivity contribution in [2.75, 3.05) is 0 Å². The zero-order chi connectivity index (χ0) is 19.7. The van der Waals surface area contributed by atoms with Crippen molar-refractivity contribution < 1.29 is 18.0 Å². The highest BCUT2D eigenvalue weighted by Crippen LogP contribution is 2.30. The van der Waals surface area contributed by atoms with E-state index in [4.69, 9.17) is 0 Å². The van der Waals surface area contributed by atoms with Crippen molar-refractivity contribution in [3.8, 4) is 11.3 Å². The first-order valence-electron chi connectivity index (χ1n) is 8.24. The van der Waals surface area contributed by atoms with Gasteiger partial charge in [-0.3, -0.25) is 14.2 Å². The molecule has 5 nitrogen and oxygen atoms in total. The van der Waals surface area contributed by atoms with Crippen LogP contribution in [0.3, 0.4) is 0 Å². The fraction of sp³-hybridized carbons (Fsp3) is 0.105. The number of hydrogen-bond acceptors (Lipinski definition) is 4. The number of amides is 1. The van der Waals surface area contributed by atoms with Crippen molar-refractivity contribution in [2.24, 2.45) is 0 Å². The van der Waals surface area contributed by atoms with Crippen LogP contribution in [0, 0.1) is 0 Å². The number of benzene rings is 1. The number of pyridine rings is 1. The zero-order valence-corrected chi connectivity index (χ0v) is 15.1. The highest BCUT2D eigenvalue weighted by Gasteiger charge is 2.30. The Kier molecular flexibility index (Phi) is 4.60. The second-order valence-corrected chi connectivity index (χ2v) is 6.85. The van der Waals surface area contributed by atoms with Gasteiger partial charge in [-0.05, 0) is 29.8 Å². The van der Waals surface area contributed by atoms with Crippen molar-refractivity contribution in [3.63, 3.8) is 0 Å². The molecule has 0 spiro atoms. The third-order valence-electron chi connectivity index (χ3n) is 4.14. The largest absolute Gasteiger partial charge is 0.416 e. The van der Waals surface area contributed by atoms with Gasteiger partial charge in [-0.25, -0.2) is 4.98 Å². The summed E-state index contributed by atoms with van der Waals surface area (Å²) in [5.74, 6) is -0.458. The molecular weight excluding hydrogens is 389 g/mol. The Morgan fingerprint density at radius 2 is 1.96 bits per heavy atom. The van der Waals surface area contributed by atoms with Gasteiger partial charge in [-0.1, -0.05) is 12.1 Å². The number of nitrogens with zero attached hydrogens (tertiary/aromatic N) is 3. The fourth-order valence-electron chi connectivity index (χ4n) is 2.85. The molecule has 0 aliphatic heterocycles. The van der Waals surface area contributed by atoms with Crippen LogP contribution in [0.15, 0.2) is 60.4 Å². The second-order valence-electron chi connectivity index (χ2n) is 5.98. The Morgan fingerprint density at radius 1 is 1.18 bits per heavy atom. The molecule has 3 aromatic heterocycles. The summed E-state index contributed by atoms with van der Waals surface area (Å²) in [7, 11) is 0. The number of halogens is 3. The SMILES string of the molecule is O=C(NCc1cccc(C(F)(F)F)c1)c1nc2sccn2c1-c1ccncc1. The molecule has 1 amide bonds. The van der Waals surface area contributed by atoms with Gasteiger partial charge in [-0.2, -0.15) is 13.2 Å². The molecule has 0 aliphatic rings. The molecule has 0 radical (unpaired) electrons. The van der Waals surface area contributed by atoms with Crippen LogP contribution >= 0.6 is 11.3 Å². The molecule has 3 heterocycles. The number of hydrogen-bond donors (Lipinski definition) is 1. The van der Waals surface area contributed by atoms with Crippen LogP contribution in [0.1, 0.15) is 21.6 Å². The third kappa shape index (κ3) is 3.48. The number of imidazole rings is 1. The van der Waals surface area contributed by atoms with Crippen molar-refractivity contribution in [1.82, 2.24) is 19.7 Å². The fourth-order valence-corrected chi connectivity index (χ4v) is 3.57. The maximum atomic E-state index is 12.9. The molecule has 0 fully saturated rings. The Bertz CT molecular complexity index is 1140. The summed E-state index contributed by atoms with van der Waals surface area (Å²) in [6, 6.07) is 8.41. The summed E-state index contributed by atoms with van der Waals surface area (Å²) in [4.78, 5) is 21.8. The van der Waals surface area contributed by atoms with Gasteiger partial charge in [0.1, 0.15) is 0 Å². The van der Waals surface area contributed by atoms with E-state index in [-0.39, 0.29) is 12.2 Å². The van der Waals surface area contributed by atoms with Crippen LogP contribution in [-0.2, 0) is 12.7 Å². The first-order chi connectivity index (χ1) is 13.4. The van der Waals surface area contributed by atoms with Gasteiger partial charge in [-0.15, -0.1) is 11.3 Å². The lowest BCUT2D eigenvalue weighted by molar-refractivity contribution is -0.137. The maximum absolute atomic E-state index is 12.9. The summed E-state index contributed by atoms with van der Waals surface area (Å²) in [5, 5.41) is 4.52. The van der Waals surface area contributed by atoms with Crippen molar-refractivity contribution in [1.29, 1.82) is 0 Å². The van der Waals surface area contributed by atoms with E-state index in [0.29, 0.717) is 16.2 Å². The Morgan fingerprint density at radius 3 is 2.71 bits per heavy atom. The van der Waals surface area contributed by atoms with Gasteiger partial charge in [0, 0.05) is 36.1 Å². The molecule has 0 saturated carbocycles. The third-order valence-corrected chi connectivity index (χ3v) is 4.89. The van der Waals surface area contributed by atoms with Crippen LogP contribution in [0.2, 0.25) is 0 Å². The van der Waals surface area contributed by atoms with Gasteiger partial charge in [0.15, 0.2) is 10.7 Å². The normalized spacial score (nSPS) is 11.7. The van der Waals surface area contributed by atoms with Crippen molar-refractivity contribution >= 4 is 22.2 Å². The van der Waals surface area contributed by atoms with Gasteiger partial charge >= 0.3 is 6.18 Å². The molecular formula is C19H13F3N4OS. The number of thiazole rings is 1. The van der Waals surface area contributed by atoms with Crippen molar-refractivity contribution in [3.05, 3.63) is 77.2 Å². The second kappa shape index (κ2) is 7.08. The van der Waals surface area contributed by atoms with E-state index in [2.05, 4.69) is 15.3 Å². The smallest absolute Gasteiger partial charge is 0.347 e. The van der Waals surface area contributed by atoms with Gasteiger partial charge in [0.2, 0.25) is 0 Å². The molecule has 9 heteroatoms. The van der Waals surface area contributed by atoms with E-state index < -0.39 is 17.6 Å². The highest BCUT2D eigenvalue weighted by molar-refractivity contribution is 7.15. The average molecular weight is 402 g/mol. The maximum Gasteiger partial charge on any atom is 0.416 e. The lowest BCUT2D eigenvalue weighted by Crippen LogP contribution is -2.24. The molecule has 0 atom stereocenters.